The second kappa shape index (κ2) is 9.47. The van der Waals surface area contributed by atoms with Crippen molar-refractivity contribution in [2.24, 2.45) is 0 Å². The molecule has 0 radical (unpaired) electrons. The van der Waals surface area contributed by atoms with Crippen molar-refractivity contribution in [2.45, 2.75) is 13.8 Å². The summed E-state index contributed by atoms with van der Waals surface area (Å²) in [7, 11) is 0. The summed E-state index contributed by atoms with van der Waals surface area (Å²) in [6.45, 7) is 7.12. The standard InChI is InChI=1S/C14H22O5/c1-3-16-7-8-17-9-10-19-12-5-6-13(15)14(11-12)18-4-2/h5-6,11,15H,3-4,7-10H2,1-2H3. The van der Waals surface area contributed by atoms with E-state index in [0.29, 0.717) is 51.1 Å². The smallest absolute Gasteiger partial charge is 0.164 e. The van der Waals surface area contributed by atoms with E-state index in [2.05, 4.69) is 0 Å². The van der Waals surface area contributed by atoms with Crippen molar-refractivity contribution in [3.05, 3.63) is 18.2 Å². The maximum Gasteiger partial charge on any atom is 0.164 e. The molecule has 0 aromatic heterocycles. The van der Waals surface area contributed by atoms with Gasteiger partial charge in [-0.3, -0.25) is 0 Å². The first-order valence-electron chi connectivity index (χ1n) is 6.52. The summed E-state index contributed by atoms with van der Waals surface area (Å²) >= 11 is 0. The van der Waals surface area contributed by atoms with Gasteiger partial charge < -0.3 is 24.1 Å². The van der Waals surface area contributed by atoms with Gasteiger partial charge in [-0.25, -0.2) is 0 Å². The number of hydrogen-bond donors (Lipinski definition) is 1. The summed E-state index contributed by atoms with van der Waals surface area (Å²) in [5, 5.41) is 9.54. The first kappa shape index (κ1) is 15.6. The molecule has 0 saturated heterocycles. The van der Waals surface area contributed by atoms with Gasteiger partial charge in [-0.1, -0.05) is 0 Å². The number of ether oxygens (including phenoxy) is 4. The van der Waals surface area contributed by atoms with Crippen LogP contribution >= 0.6 is 0 Å². The summed E-state index contributed by atoms with van der Waals surface area (Å²) in [5.41, 5.74) is 0. The molecule has 1 rings (SSSR count). The van der Waals surface area contributed by atoms with Crippen LogP contribution in [0.5, 0.6) is 17.2 Å². The fourth-order valence-corrected chi connectivity index (χ4v) is 1.44. The number of rotatable bonds is 10. The SMILES string of the molecule is CCOCCOCCOc1ccc(O)c(OCC)c1. The first-order chi connectivity index (χ1) is 9.27. The molecule has 0 aliphatic carbocycles. The van der Waals surface area contributed by atoms with Gasteiger partial charge in [0, 0.05) is 12.7 Å². The van der Waals surface area contributed by atoms with Gasteiger partial charge in [-0.15, -0.1) is 0 Å². The lowest BCUT2D eigenvalue weighted by Gasteiger charge is -2.10. The van der Waals surface area contributed by atoms with E-state index in [1.165, 1.54) is 0 Å². The molecule has 0 bridgehead atoms. The topological polar surface area (TPSA) is 57.2 Å². The Bertz CT molecular complexity index is 354. The molecule has 19 heavy (non-hydrogen) atoms. The van der Waals surface area contributed by atoms with Crippen molar-refractivity contribution in [3.8, 4) is 17.2 Å². The second-order valence-electron chi connectivity index (χ2n) is 3.72. The van der Waals surface area contributed by atoms with Gasteiger partial charge in [0.15, 0.2) is 11.5 Å². The molecule has 0 spiro atoms. The monoisotopic (exact) mass is 270 g/mol. The highest BCUT2D eigenvalue weighted by Crippen LogP contribution is 2.30. The molecule has 0 aliphatic rings. The summed E-state index contributed by atoms with van der Waals surface area (Å²) in [5.74, 6) is 1.19. The van der Waals surface area contributed by atoms with Gasteiger partial charge in [0.1, 0.15) is 12.4 Å². The summed E-state index contributed by atoms with van der Waals surface area (Å²) < 4.78 is 21.2. The summed E-state index contributed by atoms with van der Waals surface area (Å²) in [4.78, 5) is 0. The van der Waals surface area contributed by atoms with Crippen LogP contribution in [0.2, 0.25) is 0 Å². The molecule has 0 amide bonds. The average Bonchev–Trinajstić information content (AvgIpc) is 2.41. The normalized spacial score (nSPS) is 10.4. The minimum Gasteiger partial charge on any atom is -0.504 e. The number of benzene rings is 1. The van der Waals surface area contributed by atoms with Crippen molar-refractivity contribution < 1.29 is 24.1 Å². The molecule has 5 heteroatoms. The second-order valence-corrected chi connectivity index (χ2v) is 3.72. The maximum absolute atomic E-state index is 9.54. The van der Waals surface area contributed by atoms with Gasteiger partial charge >= 0.3 is 0 Å². The van der Waals surface area contributed by atoms with E-state index in [1.54, 1.807) is 18.2 Å². The molecule has 0 heterocycles. The molecule has 0 unspecified atom stereocenters. The van der Waals surface area contributed by atoms with Crippen LogP contribution in [-0.4, -0.2) is 44.7 Å². The van der Waals surface area contributed by atoms with Crippen molar-refractivity contribution in [2.75, 3.05) is 39.6 Å². The van der Waals surface area contributed by atoms with Gasteiger partial charge in [0.05, 0.1) is 26.4 Å². The lowest BCUT2D eigenvalue weighted by atomic mass is 10.3. The number of aromatic hydroxyl groups is 1. The zero-order chi connectivity index (χ0) is 13.9. The molecule has 1 aromatic rings. The first-order valence-corrected chi connectivity index (χ1v) is 6.52. The minimum atomic E-state index is 0.113. The van der Waals surface area contributed by atoms with Crippen LogP contribution in [0.1, 0.15) is 13.8 Å². The van der Waals surface area contributed by atoms with Gasteiger partial charge in [0.25, 0.3) is 0 Å². The number of phenolic OH excluding ortho intramolecular Hbond substituents is 1. The maximum atomic E-state index is 9.54. The van der Waals surface area contributed by atoms with Crippen molar-refractivity contribution in [1.29, 1.82) is 0 Å². The fraction of sp³-hybridized carbons (Fsp3) is 0.571. The predicted molar refractivity (Wildman–Crippen MR) is 72.1 cm³/mol. The predicted octanol–water partition coefficient (Wildman–Crippen LogP) is 2.22. The molecular formula is C14H22O5. The Balaban J connectivity index is 2.23. The highest BCUT2D eigenvalue weighted by atomic mass is 16.5. The third-order valence-electron chi connectivity index (χ3n) is 2.30. The summed E-state index contributed by atoms with van der Waals surface area (Å²) in [6, 6.07) is 4.91. The van der Waals surface area contributed by atoms with Crippen molar-refractivity contribution in [3.63, 3.8) is 0 Å². The highest BCUT2D eigenvalue weighted by Gasteiger charge is 2.04. The van der Waals surface area contributed by atoms with Crippen LogP contribution in [0, 0.1) is 0 Å². The molecule has 5 nitrogen and oxygen atoms in total. The van der Waals surface area contributed by atoms with E-state index in [4.69, 9.17) is 18.9 Å². The Morgan fingerprint density at radius 3 is 2.37 bits per heavy atom. The average molecular weight is 270 g/mol. The molecule has 0 atom stereocenters. The zero-order valence-corrected chi connectivity index (χ0v) is 11.6. The third-order valence-corrected chi connectivity index (χ3v) is 2.30. The van der Waals surface area contributed by atoms with Crippen molar-refractivity contribution >= 4 is 0 Å². The Morgan fingerprint density at radius 2 is 1.63 bits per heavy atom. The lowest BCUT2D eigenvalue weighted by Crippen LogP contribution is -2.10. The van der Waals surface area contributed by atoms with Crippen LogP contribution in [0.3, 0.4) is 0 Å². The number of phenols is 1. The van der Waals surface area contributed by atoms with Crippen LogP contribution < -0.4 is 9.47 Å². The van der Waals surface area contributed by atoms with E-state index >= 15 is 0 Å². The molecule has 1 N–H and O–H groups in total. The Labute approximate surface area is 114 Å². The molecule has 108 valence electrons. The van der Waals surface area contributed by atoms with Crippen LogP contribution in [0.25, 0.3) is 0 Å². The van der Waals surface area contributed by atoms with Crippen LogP contribution in [-0.2, 0) is 9.47 Å². The van der Waals surface area contributed by atoms with E-state index in [0.717, 1.165) is 0 Å². The molecule has 0 saturated carbocycles. The van der Waals surface area contributed by atoms with E-state index in [1.807, 2.05) is 13.8 Å². The molecule has 0 aliphatic heterocycles. The van der Waals surface area contributed by atoms with Gasteiger partial charge in [-0.05, 0) is 26.0 Å². The van der Waals surface area contributed by atoms with E-state index < -0.39 is 0 Å². The molecule has 1 aromatic carbocycles. The van der Waals surface area contributed by atoms with E-state index in [9.17, 15) is 5.11 Å². The Kier molecular flexibility index (Phi) is 7.77. The zero-order valence-electron chi connectivity index (χ0n) is 11.6. The van der Waals surface area contributed by atoms with E-state index in [-0.39, 0.29) is 5.75 Å². The Morgan fingerprint density at radius 1 is 0.895 bits per heavy atom. The lowest BCUT2D eigenvalue weighted by molar-refractivity contribution is 0.0404. The quantitative estimate of drug-likeness (QED) is 0.661. The molecular weight excluding hydrogens is 248 g/mol. The Hall–Kier alpha value is -1.46. The number of hydrogen-bond acceptors (Lipinski definition) is 5. The van der Waals surface area contributed by atoms with Crippen molar-refractivity contribution in [1.82, 2.24) is 0 Å². The third kappa shape index (κ3) is 6.31. The minimum absolute atomic E-state index is 0.113. The molecule has 0 fully saturated rings. The summed E-state index contributed by atoms with van der Waals surface area (Å²) in [6.07, 6.45) is 0. The van der Waals surface area contributed by atoms with Crippen LogP contribution in [0.4, 0.5) is 0 Å². The van der Waals surface area contributed by atoms with Crippen LogP contribution in [0.15, 0.2) is 18.2 Å². The largest absolute Gasteiger partial charge is 0.504 e. The van der Waals surface area contributed by atoms with Gasteiger partial charge in [-0.2, -0.15) is 0 Å². The highest BCUT2D eigenvalue weighted by molar-refractivity contribution is 5.44. The fourth-order valence-electron chi connectivity index (χ4n) is 1.44. The van der Waals surface area contributed by atoms with Gasteiger partial charge in [0.2, 0.25) is 0 Å².